The summed E-state index contributed by atoms with van der Waals surface area (Å²) in [5.74, 6) is 1.81. The van der Waals surface area contributed by atoms with Crippen molar-refractivity contribution in [3.63, 3.8) is 0 Å². The van der Waals surface area contributed by atoms with Crippen LogP contribution in [0.3, 0.4) is 0 Å². The normalized spacial score (nSPS) is 11.8. The van der Waals surface area contributed by atoms with Gasteiger partial charge in [0.2, 0.25) is 0 Å². The molecule has 0 spiro atoms. The Hall–Kier alpha value is -6.44. The van der Waals surface area contributed by atoms with Crippen LogP contribution in [0, 0.1) is 0 Å². The van der Waals surface area contributed by atoms with E-state index >= 15 is 0 Å². The fraction of sp³-hybridized carbons (Fsp3) is 0. The van der Waals surface area contributed by atoms with Crippen LogP contribution in [0.15, 0.2) is 182 Å². The topological polar surface area (TPSA) is 9.23 Å². The van der Waals surface area contributed by atoms with E-state index in [0.717, 1.165) is 17.1 Å². The van der Waals surface area contributed by atoms with Crippen molar-refractivity contribution in [3.05, 3.63) is 182 Å². The predicted molar refractivity (Wildman–Crippen MR) is 206 cm³/mol. The standard InChI is InChI=1S/C48H30O/c1-2-13-31(14-3-1)33-17-10-18-34(29-33)36-19-4-5-20-37(36)48-40-23-8-6-21-38(40)46(39-22-7-9-24-41(39)48)35-27-28-44-43(30-35)42-25-11-15-32-16-12-26-45(49-44)47(32)42/h1-30H. The third-order valence-electron chi connectivity index (χ3n) is 10.1. The van der Waals surface area contributed by atoms with Crippen molar-refractivity contribution >= 4 is 32.3 Å². The van der Waals surface area contributed by atoms with Crippen molar-refractivity contribution < 1.29 is 4.74 Å². The first-order valence-corrected chi connectivity index (χ1v) is 16.8. The van der Waals surface area contributed by atoms with Crippen molar-refractivity contribution in [2.24, 2.45) is 0 Å². The van der Waals surface area contributed by atoms with Gasteiger partial charge in [0, 0.05) is 10.9 Å². The highest BCUT2D eigenvalue weighted by Crippen LogP contribution is 2.50. The minimum absolute atomic E-state index is 0.895. The molecule has 0 radical (unpaired) electrons. The molecule has 49 heavy (non-hydrogen) atoms. The van der Waals surface area contributed by atoms with Crippen molar-refractivity contribution in [2.75, 3.05) is 0 Å². The van der Waals surface area contributed by atoms with E-state index in [1.165, 1.54) is 82.4 Å². The predicted octanol–water partition coefficient (Wildman–Crippen LogP) is 13.6. The van der Waals surface area contributed by atoms with E-state index in [9.17, 15) is 0 Å². The van der Waals surface area contributed by atoms with E-state index in [1.54, 1.807) is 0 Å². The molecule has 0 bridgehead atoms. The molecule has 1 aliphatic heterocycles. The van der Waals surface area contributed by atoms with Crippen LogP contribution in [-0.4, -0.2) is 0 Å². The molecule has 9 aromatic rings. The molecule has 0 atom stereocenters. The highest BCUT2D eigenvalue weighted by molar-refractivity contribution is 6.22. The van der Waals surface area contributed by atoms with Crippen LogP contribution in [-0.2, 0) is 0 Å². The second kappa shape index (κ2) is 11.1. The van der Waals surface area contributed by atoms with Gasteiger partial charge in [-0.05, 0) is 101 Å². The lowest BCUT2D eigenvalue weighted by atomic mass is 9.83. The summed E-state index contributed by atoms with van der Waals surface area (Å²) in [6.07, 6.45) is 0. The number of benzene rings is 9. The highest BCUT2D eigenvalue weighted by atomic mass is 16.5. The van der Waals surface area contributed by atoms with Gasteiger partial charge in [0.05, 0.1) is 0 Å². The lowest BCUT2D eigenvalue weighted by Gasteiger charge is -2.23. The van der Waals surface area contributed by atoms with Gasteiger partial charge in [-0.2, -0.15) is 0 Å². The quantitative estimate of drug-likeness (QED) is 0.177. The molecule has 228 valence electrons. The first-order valence-electron chi connectivity index (χ1n) is 16.8. The summed E-state index contributed by atoms with van der Waals surface area (Å²) < 4.78 is 6.48. The van der Waals surface area contributed by atoms with Crippen molar-refractivity contribution in [1.82, 2.24) is 0 Å². The summed E-state index contributed by atoms with van der Waals surface area (Å²) in [6, 6.07) is 65.8. The Morgan fingerprint density at radius 1 is 0.286 bits per heavy atom. The van der Waals surface area contributed by atoms with Crippen molar-refractivity contribution in [2.45, 2.75) is 0 Å². The van der Waals surface area contributed by atoms with Gasteiger partial charge >= 0.3 is 0 Å². The van der Waals surface area contributed by atoms with Crippen LogP contribution < -0.4 is 4.74 Å². The minimum Gasteiger partial charge on any atom is -0.456 e. The van der Waals surface area contributed by atoms with Gasteiger partial charge in [-0.1, -0.05) is 158 Å². The van der Waals surface area contributed by atoms with Crippen LogP contribution >= 0.6 is 0 Å². The summed E-state index contributed by atoms with van der Waals surface area (Å²) in [5, 5.41) is 7.32. The van der Waals surface area contributed by atoms with Crippen LogP contribution in [0.1, 0.15) is 0 Å². The zero-order valence-electron chi connectivity index (χ0n) is 26.7. The lowest BCUT2D eigenvalue weighted by Crippen LogP contribution is -1.98. The average Bonchev–Trinajstić information content (AvgIpc) is 3.17. The number of rotatable bonds is 4. The molecule has 0 aromatic heterocycles. The SMILES string of the molecule is c1ccc(-c2cccc(-c3ccccc3-c3c4ccccc4c(-c4ccc5c(c4)-c4cccc6cccc(c46)O5)c4ccccc34)c2)cc1. The van der Waals surface area contributed by atoms with Crippen molar-refractivity contribution in [3.8, 4) is 67.1 Å². The van der Waals surface area contributed by atoms with Gasteiger partial charge < -0.3 is 4.74 Å². The van der Waals surface area contributed by atoms with Gasteiger partial charge in [0.25, 0.3) is 0 Å². The molecule has 0 saturated heterocycles. The maximum absolute atomic E-state index is 6.48. The van der Waals surface area contributed by atoms with Gasteiger partial charge in [0.1, 0.15) is 11.5 Å². The molecule has 1 aliphatic rings. The van der Waals surface area contributed by atoms with Gasteiger partial charge in [-0.3, -0.25) is 0 Å². The fourth-order valence-corrected chi connectivity index (χ4v) is 7.90. The van der Waals surface area contributed by atoms with Crippen LogP contribution in [0.5, 0.6) is 11.5 Å². The van der Waals surface area contributed by atoms with Crippen LogP contribution in [0.25, 0.3) is 88.0 Å². The molecule has 0 N–H and O–H groups in total. The second-order valence-corrected chi connectivity index (χ2v) is 12.8. The number of hydrogen-bond donors (Lipinski definition) is 0. The Balaban J connectivity index is 1.22. The van der Waals surface area contributed by atoms with Crippen LogP contribution in [0.4, 0.5) is 0 Å². The zero-order chi connectivity index (χ0) is 32.3. The maximum atomic E-state index is 6.48. The Labute approximate surface area is 285 Å². The Morgan fingerprint density at radius 3 is 1.61 bits per heavy atom. The summed E-state index contributed by atoms with van der Waals surface area (Å²) in [5.41, 5.74) is 12.1. The first kappa shape index (κ1) is 27.7. The molecule has 1 heterocycles. The number of ether oxygens (including phenoxy) is 1. The third-order valence-corrected chi connectivity index (χ3v) is 10.1. The Morgan fingerprint density at radius 2 is 0.857 bits per heavy atom. The molecule has 0 fully saturated rings. The maximum Gasteiger partial charge on any atom is 0.135 e. The first-order chi connectivity index (χ1) is 24.3. The molecule has 1 heteroatoms. The second-order valence-electron chi connectivity index (χ2n) is 12.8. The summed E-state index contributed by atoms with van der Waals surface area (Å²) >= 11 is 0. The van der Waals surface area contributed by atoms with E-state index in [4.69, 9.17) is 4.74 Å². The number of hydrogen-bond acceptors (Lipinski definition) is 1. The molecule has 0 saturated carbocycles. The Bertz CT molecular complexity index is 2680. The summed E-state index contributed by atoms with van der Waals surface area (Å²) in [6.45, 7) is 0. The molecular weight excluding hydrogens is 593 g/mol. The van der Waals surface area contributed by atoms with E-state index in [2.05, 4.69) is 182 Å². The van der Waals surface area contributed by atoms with Gasteiger partial charge in [-0.25, -0.2) is 0 Å². The Kier molecular flexibility index (Phi) is 6.25. The zero-order valence-corrected chi connectivity index (χ0v) is 26.7. The van der Waals surface area contributed by atoms with Gasteiger partial charge in [0.15, 0.2) is 0 Å². The van der Waals surface area contributed by atoms with E-state index in [1.807, 2.05) is 0 Å². The molecule has 0 amide bonds. The fourth-order valence-electron chi connectivity index (χ4n) is 7.90. The summed E-state index contributed by atoms with van der Waals surface area (Å²) in [7, 11) is 0. The highest BCUT2D eigenvalue weighted by Gasteiger charge is 2.23. The monoisotopic (exact) mass is 622 g/mol. The average molecular weight is 623 g/mol. The largest absolute Gasteiger partial charge is 0.456 e. The summed E-state index contributed by atoms with van der Waals surface area (Å²) in [4.78, 5) is 0. The lowest BCUT2D eigenvalue weighted by molar-refractivity contribution is 0.487. The molecule has 10 rings (SSSR count). The smallest absolute Gasteiger partial charge is 0.135 e. The van der Waals surface area contributed by atoms with E-state index < -0.39 is 0 Å². The third kappa shape index (κ3) is 4.40. The molecule has 1 nitrogen and oxygen atoms in total. The minimum atomic E-state index is 0.895. The molecule has 9 aromatic carbocycles. The molecule has 0 aliphatic carbocycles. The van der Waals surface area contributed by atoms with Crippen LogP contribution in [0.2, 0.25) is 0 Å². The van der Waals surface area contributed by atoms with E-state index in [-0.39, 0.29) is 0 Å². The van der Waals surface area contributed by atoms with Crippen molar-refractivity contribution in [1.29, 1.82) is 0 Å². The molecular formula is C48H30O. The van der Waals surface area contributed by atoms with Gasteiger partial charge in [-0.15, -0.1) is 0 Å². The molecule has 0 unspecified atom stereocenters. The number of fused-ring (bicyclic) bond motifs is 4. The van der Waals surface area contributed by atoms with E-state index in [0.29, 0.717) is 0 Å².